The van der Waals surface area contributed by atoms with E-state index >= 15 is 0 Å². The SMILES string of the molecule is CCCCOCCC(CC)C(C)NC. The third-order valence-corrected chi connectivity index (χ3v) is 2.96. The molecule has 0 saturated heterocycles. The Balaban J connectivity index is 3.42. The van der Waals surface area contributed by atoms with E-state index in [2.05, 4.69) is 26.1 Å². The molecule has 0 aromatic rings. The minimum atomic E-state index is 0.606. The van der Waals surface area contributed by atoms with Gasteiger partial charge in [0.25, 0.3) is 0 Å². The van der Waals surface area contributed by atoms with E-state index in [0.717, 1.165) is 19.1 Å². The number of ether oxygens (including phenoxy) is 1. The molecule has 0 spiro atoms. The summed E-state index contributed by atoms with van der Waals surface area (Å²) < 4.78 is 5.57. The lowest BCUT2D eigenvalue weighted by atomic mass is 9.95. The fraction of sp³-hybridized carbons (Fsp3) is 1.00. The van der Waals surface area contributed by atoms with Crippen LogP contribution in [-0.2, 0) is 4.74 Å². The van der Waals surface area contributed by atoms with Gasteiger partial charge in [0.1, 0.15) is 0 Å². The molecule has 2 unspecified atom stereocenters. The molecule has 0 radical (unpaired) electrons. The van der Waals surface area contributed by atoms with Crippen molar-refractivity contribution in [3.63, 3.8) is 0 Å². The minimum Gasteiger partial charge on any atom is -0.381 e. The van der Waals surface area contributed by atoms with E-state index in [4.69, 9.17) is 4.74 Å². The fourth-order valence-electron chi connectivity index (χ4n) is 1.63. The second-order valence-corrected chi connectivity index (χ2v) is 4.00. The highest BCUT2D eigenvalue weighted by Crippen LogP contribution is 2.13. The largest absolute Gasteiger partial charge is 0.381 e. The van der Waals surface area contributed by atoms with Crippen molar-refractivity contribution in [2.75, 3.05) is 20.3 Å². The van der Waals surface area contributed by atoms with Crippen LogP contribution in [-0.4, -0.2) is 26.3 Å². The Bertz CT molecular complexity index is 117. The van der Waals surface area contributed by atoms with Gasteiger partial charge in [0.05, 0.1) is 0 Å². The summed E-state index contributed by atoms with van der Waals surface area (Å²) in [6, 6.07) is 0.606. The van der Waals surface area contributed by atoms with Crippen LogP contribution in [0.3, 0.4) is 0 Å². The molecule has 0 heterocycles. The lowest BCUT2D eigenvalue weighted by molar-refractivity contribution is 0.112. The van der Waals surface area contributed by atoms with Gasteiger partial charge in [-0.2, -0.15) is 0 Å². The van der Waals surface area contributed by atoms with Crippen LogP contribution in [0.2, 0.25) is 0 Å². The van der Waals surface area contributed by atoms with Gasteiger partial charge in [0.15, 0.2) is 0 Å². The molecule has 2 nitrogen and oxygen atoms in total. The van der Waals surface area contributed by atoms with Crippen LogP contribution in [0.25, 0.3) is 0 Å². The standard InChI is InChI=1S/C12H27NO/c1-5-7-9-14-10-8-12(6-2)11(3)13-4/h11-13H,5-10H2,1-4H3. The van der Waals surface area contributed by atoms with E-state index in [9.17, 15) is 0 Å². The average Bonchev–Trinajstić information content (AvgIpc) is 2.22. The predicted octanol–water partition coefficient (Wildman–Crippen LogP) is 2.83. The molecule has 0 aliphatic heterocycles. The van der Waals surface area contributed by atoms with E-state index in [1.807, 2.05) is 7.05 Å². The summed E-state index contributed by atoms with van der Waals surface area (Å²) in [5, 5.41) is 3.31. The van der Waals surface area contributed by atoms with Crippen molar-refractivity contribution >= 4 is 0 Å². The molecule has 0 aliphatic rings. The quantitative estimate of drug-likeness (QED) is 0.579. The zero-order chi connectivity index (χ0) is 10.8. The molecule has 0 aliphatic carbocycles. The zero-order valence-corrected chi connectivity index (χ0v) is 10.3. The third kappa shape index (κ3) is 6.39. The Labute approximate surface area is 89.4 Å². The van der Waals surface area contributed by atoms with Crippen molar-refractivity contribution in [3.8, 4) is 0 Å². The molecule has 0 saturated carbocycles. The Hall–Kier alpha value is -0.0800. The Morgan fingerprint density at radius 2 is 1.93 bits per heavy atom. The van der Waals surface area contributed by atoms with Gasteiger partial charge in [0, 0.05) is 19.3 Å². The number of nitrogens with one attached hydrogen (secondary N) is 1. The van der Waals surface area contributed by atoms with E-state index < -0.39 is 0 Å². The summed E-state index contributed by atoms with van der Waals surface area (Å²) in [5.74, 6) is 0.752. The van der Waals surface area contributed by atoms with Crippen LogP contribution in [0, 0.1) is 5.92 Å². The van der Waals surface area contributed by atoms with Crippen LogP contribution in [0.5, 0.6) is 0 Å². The summed E-state index contributed by atoms with van der Waals surface area (Å²) in [4.78, 5) is 0. The molecular formula is C12H27NO. The zero-order valence-electron chi connectivity index (χ0n) is 10.3. The Morgan fingerprint density at radius 1 is 1.21 bits per heavy atom. The summed E-state index contributed by atoms with van der Waals surface area (Å²) >= 11 is 0. The molecule has 2 atom stereocenters. The normalized spacial score (nSPS) is 15.4. The average molecular weight is 201 g/mol. The first-order valence-electron chi connectivity index (χ1n) is 6.01. The third-order valence-electron chi connectivity index (χ3n) is 2.96. The van der Waals surface area contributed by atoms with Crippen LogP contribution in [0.4, 0.5) is 0 Å². The first-order valence-corrected chi connectivity index (χ1v) is 6.01. The number of rotatable bonds is 9. The van der Waals surface area contributed by atoms with Gasteiger partial charge in [-0.3, -0.25) is 0 Å². The van der Waals surface area contributed by atoms with Crippen LogP contribution in [0.1, 0.15) is 46.5 Å². The van der Waals surface area contributed by atoms with Crippen molar-refractivity contribution in [2.45, 2.75) is 52.5 Å². The van der Waals surface area contributed by atoms with Gasteiger partial charge in [-0.25, -0.2) is 0 Å². The fourth-order valence-corrected chi connectivity index (χ4v) is 1.63. The Kier molecular flexibility index (Phi) is 9.42. The highest BCUT2D eigenvalue weighted by Gasteiger charge is 2.12. The smallest absolute Gasteiger partial charge is 0.0469 e. The van der Waals surface area contributed by atoms with E-state index in [0.29, 0.717) is 6.04 Å². The van der Waals surface area contributed by atoms with Crippen molar-refractivity contribution in [3.05, 3.63) is 0 Å². The highest BCUT2D eigenvalue weighted by molar-refractivity contribution is 4.68. The molecule has 0 aromatic carbocycles. The molecule has 0 bridgehead atoms. The Morgan fingerprint density at radius 3 is 2.43 bits per heavy atom. The van der Waals surface area contributed by atoms with E-state index in [1.54, 1.807) is 0 Å². The first kappa shape index (κ1) is 13.9. The summed E-state index contributed by atoms with van der Waals surface area (Å²) in [6.45, 7) is 8.55. The van der Waals surface area contributed by atoms with Gasteiger partial charge in [-0.1, -0.05) is 26.7 Å². The molecule has 0 rings (SSSR count). The second-order valence-electron chi connectivity index (χ2n) is 4.00. The van der Waals surface area contributed by atoms with Crippen molar-refractivity contribution in [2.24, 2.45) is 5.92 Å². The molecule has 1 N–H and O–H groups in total. The second kappa shape index (κ2) is 9.47. The van der Waals surface area contributed by atoms with Crippen molar-refractivity contribution < 1.29 is 4.74 Å². The van der Waals surface area contributed by atoms with E-state index in [-0.39, 0.29) is 0 Å². The monoisotopic (exact) mass is 201 g/mol. The lowest BCUT2D eigenvalue weighted by Gasteiger charge is -2.21. The molecule has 0 fully saturated rings. The van der Waals surface area contributed by atoms with Gasteiger partial charge in [-0.05, 0) is 32.7 Å². The van der Waals surface area contributed by atoms with Crippen molar-refractivity contribution in [1.82, 2.24) is 5.32 Å². The minimum absolute atomic E-state index is 0.606. The first-order chi connectivity index (χ1) is 6.76. The summed E-state index contributed by atoms with van der Waals surface area (Å²) in [5.41, 5.74) is 0. The predicted molar refractivity (Wildman–Crippen MR) is 62.6 cm³/mol. The van der Waals surface area contributed by atoms with E-state index in [1.165, 1.54) is 25.7 Å². The van der Waals surface area contributed by atoms with Gasteiger partial charge in [-0.15, -0.1) is 0 Å². The van der Waals surface area contributed by atoms with Gasteiger partial charge >= 0.3 is 0 Å². The number of unbranched alkanes of at least 4 members (excludes halogenated alkanes) is 1. The van der Waals surface area contributed by atoms with Crippen LogP contribution >= 0.6 is 0 Å². The molecular weight excluding hydrogens is 174 g/mol. The number of hydrogen-bond acceptors (Lipinski definition) is 2. The summed E-state index contributed by atoms with van der Waals surface area (Å²) in [6.07, 6.45) is 4.84. The van der Waals surface area contributed by atoms with Crippen molar-refractivity contribution in [1.29, 1.82) is 0 Å². The van der Waals surface area contributed by atoms with Crippen LogP contribution in [0.15, 0.2) is 0 Å². The molecule has 14 heavy (non-hydrogen) atoms. The maximum atomic E-state index is 5.57. The van der Waals surface area contributed by atoms with Gasteiger partial charge in [0.2, 0.25) is 0 Å². The van der Waals surface area contributed by atoms with Crippen LogP contribution < -0.4 is 5.32 Å². The molecule has 2 heteroatoms. The molecule has 0 aromatic heterocycles. The highest BCUT2D eigenvalue weighted by atomic mass is 16.5. The lowest BCUT2D eigenvalue weighted by Crippen LogP contribution is -2.30. The number of hydrogen-bond donors (Lipinski definition) is 1. The maximum Gasteiger partial charge on any atom is 0.0469 e. The molecule has 0 amide bonds. The topological polar surface area (TPSA) is 21.3 Å². The summed E-state index contributed by atoms with van der Waals surface area (Å²) in [7, 11) is 2.03. The maximum absolute atomic E-state index is 5.57. The van der Waals surface area contributed by atoms with Gasteiger partial charge < -0.3 is 10.1 Å². The molecule has 86 valence electrons.